The molecule has 2 rings (SSSR count). The molecule has 110 valence electrons. The van der Waals surface area contributed by atoms with Crippen LogP contribution in [0.3, 0.4) is 0 Å². The molecule has 1 aromatic carbocycles. The Morgan fingerprint density at radius 2 is 2.24 bits per heavy atom. The van der Waals surface area contributed by atoms with Crippen molar-refractivity contribution in [3.63, 3.8) is 0 Å². The third-order valence-electron chi connectivity index (χ3n) is 3.06. The second-order valence-corrected chi connectivity index (χ2v) is 5.21. The van der Waals surface area contributed by atoms with Crippen molar-refractivity contribution in [2.45, 2.75) is 19.9 Å². The number of carbonyl (C=O) groups excluding carboxylic acids is 1. The highest BCUT2D eigenvalue weighted by Crippen LogP contribution is 2.21. The van der Waals surface area contributed by atoms with Crippen LogP contribution in [0.4, 0.5) is 0 Å². The average molecular weight is 305 g/mol. The molecule has 0 saturated carbocycles. The molecule has 5 heteroatoms. The molecule has 0 spiro atoms. The van der Waals surface area contributed by atoms with Crippen LogP contribution in [0, 0.1) is 6.92 Å². The van der Waals surface area contributed by atoms with Gasteiger partial charge in [0.1, 0.15) is 5.75 Å². The van der Waals surface area contributed by atoms with Crippen LogP contribution in [0.1, 0.15) is 24.1 Å². The zero-order valence-corrected chi connectivity index (χ0v) is 12.7. The molecule has 0 bridgehead atoms. The summed E-state index contributed by atoms with van der Waals surface area (Å²) in [6.45, 7) is 3.76. The maximum Gasteiger partial charge on any atom is 0.258 e. The van der Waals surface area contributed by atoms with Gasteiger partial charge in [-0.3, -0.25) is 9.78 Å². The number of nitrogens with one attached hydrogen (secondary N) is 1. The largest absolute Gasteiger partial charge is 0.484 e. The number of nitrogens with zero attached hydrogens (tertiary/aromatic N) is 1. The number of aromatic nitrogens is 1. The smallest absolute Gasteiger partial charge is 0.258 e. The topological polar surface area (TPSA) is 51.2 Å². The van der Waals surface area contributed by atoms with Gasteiger partial charge >= 0.3 is 0 Å². The molecule has 0 aliphatic heterocycles. The standard InChI is InChI=1S/C16H17ClN2O2/c1-11-8-14(17)5-6-15(11)21-10-16(20)19-12(2)13-4-3-7-18-9-13/h3-9,12H,10H2,1-2H3,(H,19,20). The fourth-order valence-electron chi connectivity index (χ4n) is 1.92. The fraction of sp³-hybridized carbons (Fsp3) is 0.250. The minimum atomic E-state index is -0.180. The van der Waals surface area contributed by atoms with Crippen molar-refractivity contribution in [3.8, 4) is 5.75 Å². The van der Waals surface area contributed by atoms with Gasteiger partial charge < -0.3 is 10.1 Å². The first kappa shape index (κ1) is 15.3. The molecule has 1 heterocycles. The van der Waals surface area contributed by atoms with Gasteiger partial charge in [-0.2, -0.15) is 0 Å². The maximum atomic E-state index is 11.9. The van der Waals surface area contributed by atoms with Gasteiger partial charge in [0, 0.05) is 17.4 Å². The number of ether oxygens (including phenoxy) is 1. The van der Waals surface area contributed by atoms with E-state index in [1.54, 1.807) is 30.6 Å². The molecule has 0 saturated heterocycles. The monoisotopic (exact) mass is 304 g/mol. The summed E-state index contributed by atoms with van der Waals surface area (Å²) in [5.41, 5.74) is 1.85. The molecule has 1 amide bonds. The van der Waals surface area contributed by atoms with E-state index in [4.69, 9.17) is 16.3 Å². The maximum absolute atomic E-state index is 11.9. The normalized spacial score (nSPS) is 11.8. The van der Waals surface area contributed by atoms with Crippen LogP contribution in [0.5, 0.6) is 5.75 Å². The van der Waals surface area contributed by atoms with Gasteiger partial charge in [-0.05, 0) is 49.2 Å². The van der Waals surface area contributed by atoms with Gasteiger partial charge in [-0.15, -0.1) is 0 Å². The molecule has 4 nitrogen and oxygen atoms in total. The zero-order chi connectivity index (χ0) is 15.2. The summed E-state index contributed by atoms with van der Waals surface area (Å²) in [6.07, 6.45) is 3.43. The predicted molar refractivity (Wildman–Crippen MR) is 82.5 cm³/mol. The van der Waals surface area contributed by atoms with E-state index in [1.807, 2.05) is 26.0 Å². The van der Waals surface area contributed by atoms with Gasteiger partial charge in [0.15, 0.2) is 6.61 Å². The number of rotatable bonds is 5. The first-order valence-electron chi connectivity index (χ1n) is 6.64. The number of hydrogen-bond donors (Lipinski definition) is 1. The highest BCUT2D eigenvalue weighted by Gasteiger charge is 2.10. The number of amides is 1. The van der Waals surface area contributed by atoms with Crippen molar-refractivity contribution in [2.75, 3.05) is 6.61 Å². The van der Waals surface area contributed by atoms with Crippen molar-refractivity contribution >= 4 is 17.5 Å². The molecular weight excluding hydrogens is 288 g/mol. The lowest BCUT2D eigenvalue weighted by Crippen LogP contribution is -2.31. The molecule has 21 heavy (non-hydrogen) atoms. The Morgan fingerprint density at radius 1 is 1.43 bits per heavy atom. The minimum absolute atomic E-state index is 0.0346. The first-order valence-corrected chi connectivity index (χ1v) is 7.02. The number of halogens is 1. The number of carbonyl (C=O) groups is 1. The van der Waals surface area contributed by atoms with Crippen molar-refractivity contribution in [3.05, 3.63) is 58.9 Å². The molecule has 2 aromatic rings. The summed E-state index contributed by atoms with van der Waals surface area (Å²) in [7, 11) is 0. The first-order chi connectivity index (χ1) is 10.1. The molecular formula is C16H17ClN2O2. The third kappa shape index (κ3) is 4.46. The van der Waals surface area contributed by atoms with Crippen molar-refractivity contribution < 1.29 is 9.53 Å². The average Bonchev–Trinajstić information content (AvgIpc) is 2.47. The Bertz CT molecular complexity index is 617. The zero-order valence-electron chi connectivity index (χ0n) is 12.0. The van der Waals surface area contributed by atoms with Crippen LogP contribution in [0.15, 0.2) is 42.7 Å². The molecule has 1 atom stereocenters. The van der Waals surface area contributed by atoms with E-state index in [-0.39, 0.29) is 18.6 Å². The summed E-state index contributed by atoms with van der Waals surface area (Å²) >= 11 is 5.88. The summed E-state index contributed by atoms with van der Waals surface area (Å²) < 4.78 is 5.50. The predicted octanol–water partition coefficient (Wildman–Crippen LogP) is 3.30. The summed E-state index contributed by atoms with van der Waals surface area (Å²) in [4.78, 5) is 15.9. The Labute approximate surface area is 129 Å². The van der Waals surface area contributed by atoms with E-state index >= 15 is 0 Å². The van der Waals surface area contributed by atoms with Gasteiger partial charge in [0.05, 0.1) is 6.04 Å². The molecule has 1 unspecified atom stereocenters. The van der Waals surface area contributed by atoms with Gasteiger partial charge in [-0.25, -0.2) is 0 Å². The van der Waals surface area contributed by atoms with Crippen molar-refractivity contribution in [1.82, 2.24) is 10.3 Å². The Hall–Kier alpha value is -2.07. The lowest BCUT2D eigenvalue weighted by Gasteiger charge is -2.15. The second-order valence-electron chi connectivity index (χ2n) is 4.77. The molecule has 0 fully saturated rings. The van der Waals surface area contributed by atoms with Crippen molar-refractivity contribution in [1.29, 1.82) is 0 Å². The lowest BCUT2D eigenvalue weighted by atomic mass is 10.1. The Balaban J connectivity index is 1.87. The molecule has 0 radical (unpaired) electrons. The number of benzene rings is 1. The third-order valence-corrected chi connectivity index (χ3v) is 3.29. The van der Waals surface area contributed by atoms with Crippen LogP contribution in [0.2, 0.25) is 5.02 Å². The fourth-order valence-corrected chi connectivity index (χ4v) is 2.14. The van der Waals surface area contributed by atoms with Gasteiger partial charge in [0.2, 0.25) is 0 Å². The number of aryl methyl sites for hydroxylation is 1. The van der Waals surface area contributed by atoms with E-state index in [9.17, 15) is 4.79 Å². The van der Waals surface area contributed by atoms with Gasteiger partial charge in [-0.1, -0.05) is 17.7 Å². The summed E-state index contributed by atoms with van der Waals surface area (Å²) in [6, 6.07) is 8.94. The highest BCUT2D eigenvalue weighted by molar-refractivity contribution is 6.30. The van der Waals surface area contributed by atoms with E-state index in [0.29, 0.717) is 10.8 Å². The number of pyridine rings is 1. The Kier molecular flexibility index (Phi) is 5.17. The van der Waals surface area contributed by atoms with Crippen LogP contribution in [0.25, 0.3) is 0 Å². The summed E-state index contributed by atoms with van der Waals surface area (Å²) in [5.74, 6) is 0.476. The molecule has 0 aliphatic carbocycles. The highest BCUT2D eigenvalue weighted by atomic mass is 35.5. The lowest BCUT2D eigenvalue weighted by molar-refractivity contribution is -0.123. The van der Waals surface area contributed by atoms with E-state index in [2.05, 4.69) is 10.3 Å². The second kappa shape index (κ2) is 7.09. The van der Waals surface area contributed by atoms with Crippen LogP contribution in [-0.2, 0) is 4.79 Å². The van der Waals surface area contributed by atoms with E-state index in [1.165, 1.54) is 0 Å². The SMILES string of the molecule is Cc1cc(Cl)ccc1OCC(=O)NC(C)c1cccnc1. The number of hydrogen-bond acceptors (Lipinski definition) is 3. The summed E-state index contributed by atoms with van der Waals surface area (Å²) in [5, 5.41) is 3.51. The molecule has 0 aliphatic rings. The van der Waals surface area contributed by atoms with E-state index in [0.717, 1.165) is 11.1 Å². The Morgan fingerprint density at radius 3 is 2.90 bits per heavy atom. The van der Waals surface area contributed by atoms with Crippen LogP contribution < -0.4 is 10.1 Å². The molecule has 1 N–H and O–H groups in total. The van der Waals surface area contributed by atoms with Crippen LogP contribution >= 0.6 is 11.6 Å². The van der Waals surface area contributed by atoms with Crippen LogP contribution in [-0.4, -0.2) is 17.5 Å². The van der Waals surface area contributed by atoms with E-state index < -0.39 is 0 Å². The molecule has 1 aromatic heterocycles. The quantitative estimate of drug-likeness (QED) is 0.922. The van der Waals surface area contributed by atoms with Gasteiger partial charge in [0.25, 0.3) is 5.91 Å². The van der Waals surface area contributed by atoms with Crippen molar-refractivity contribution in [2.24, 2.45) is 0 Å². The minimum Gasteiger partial charge on any atom is -0.484 e.